The summed E-state index contributed by atoms with van der Waals surface area (Å²) in [6.07, 6.45) is 0.458. The molecule has 1 aromatic carbocycles. The van der Waals surface area contributed by atoms with Crippen molar-refractivity contribution in [1.29, 1.82) is 0 Å². The molecule has 104 valence electrons. The molecule has 0 fully saturated rings. The van der Waals surface area contributed by atoms with Gasteiger partial charge in [0.25, 0.3) is 5.91 Å². The lowest BCUT2D eigenvalue weighted by Crippen LogP contribution is -2.21. The second kappa shape index (κ2) is 6.89. The highest BCUT2D eigenvalue weighted by Crippen LogP contribution is 2.20. The van der Waals surface area contributed by atoms with E-state index in [0.717, 1.165) is 5.56 Å². The Balaban J connectivity index is 2.81. The van der Waals surface area contributed by atoms with Gasteiger partial charge in [-0.05, 0) is 30.7 Å². The molecule has 0 spiro atoms. The second-order valence-electron chi connectivity index (χ2n) is 4.44. The molecule has 0 saturated heterocycles. The Labute approximate surface area is 112 Å². The van der Waals surface area contributed by atoms with Crippen LogP contribution in [0.4, 0.5) is 4.39 Å². The number of hydrogen-bond donors (Lipinski definition) is 1. The number of rotatable bonds is 5. The average molecular weight is 266 g/mol. The van der Waals surface area contributed by atoms with E-state index in [1.807, 2.05) is 6.92 Å². The van der Waals surface area contributed by atoms with Gasteiger partial charge in [-0.3, -0.25) is 4.79 Å². The highest BCUT2D eigenvalue weighted by Gasteiger charge is 2.10. The third-order valence-electron chi connectivity index (χ3n) is 2.66. The van der Waals surface area contributed by atoms with Gasteiger partial charge in [-0.1, -0.05) is 0 Å². The lowest BCUT2D eigenvalue weighted by atomic mass is 10.1. The predicted octanol–water partition coefficient (Wildman–Crippen LogP) is 1.89. The number of amides is 1. The van der Waals surface area contributed by atoms with Gasteiger partial charge in [0, 0.05) is 31.8 Å². The van der Waals surface area contributed by atoms with Gasteiger partial charge in [-0.2, -0.15) is 0 Å². The molecule has 0 atom stereocenters. The van der Waals surface area contributed by atoms with Crippen LogP contribution >= 0.6 is 0 Å². The monoisotopic (exact) mass is 266 g/mol. The Kier molecular flexibility index (Phi) is 5.51. The molecule has 2 N–H and O–H groups in total. The molecule has 19 heavy (non-hydrogen) atoms. The maximum absolute atomic E-state index is 12.3. The van der Waals surface area contributed by atoms with Gasteiger partial charge < -0.3 is 15.4 Å². The highest BCUT2D eigenvalue weighted by atomic mass is 19.1. The fourth-order valence-electron chi connectivity index (χ4n) is 1.51. The maximum Gasteiger partial charge on any atom is 0.253 e. The third kappa shape index (κ3) is 4.06. The van der Waals surface area contributed by atoms with Gasteiger partial charge in [0.05, 0.1) is 6.33 Å². The molecule has 0 aromatic heterocycles. The second-order valence-corrected chi connectivity index (χ2v) is 4.44. The first-order valence-corrected chi connectivity index (χ1v) is 5.93. The first-order chi connectivity index (χ1) is 8.99. The van der Waals surface area contributed by atoms with Crippen molar-refractivity contribution in [3.63, 3.8) is 0 Å². The summed E-state index contributed by atoms with van der Waals surface area (Å²) < 4.78 is 17.8. The Morgan fingerprint density at radius 3 is 2.63 bits per heavy atom. The van der Waals surface area contributed by atoms with Crippen LogP contribution in [0.25, 0.3) is 0 Å². The van der Waals surface area contributed by atoms with Crippen molar-refractivity contribution in [2.45, 2.75) is 6.92 Å². The van der Waals surface area contributed by atoms with Crippen molar-refractivity contribution in [3.05, 3.63) is 41.2 Å². The summed E-state index contributed by atoms with van der Waals surface area (Å²) in [5.41, 5.74) is 7.14. The lowest BCUT2D eigenvalue weighted by molar-refractivity contribution is 0.0827. The Morgan fingerprint density at radius 1 is 1.47 bits per heavy atom. The van der Waals surface area contributed by atoms with E-state index in [9.17, 15) is 9.18 Å². The van der Waals surface area contributed by atoms with Crippen LogP contribution in [-0.2, 0) is 0 Å². The molecule has 1 rings (SSSR count). The summed E-state index contributed by atoms with van der Waals surface area (Å²) in [4.78, 5) is 13.3. The molecule has 1 aromatic rings. The Hall–Kier alpha value is -1.88. The van der Waals surface area contributed by atoms with Gasteiger partial charge in [0.15, 0.2) is 0 Å². The lowest BCUT2D eigenvalue weighted by Gasteiger charge is -2.13. The minimum absolute atomic E-state index is 0.0686. The van der Waals surface area contributed by atoms with Gasteiger partial charge in [-0.15, -0.1) is 0 Å². The number of halogens is 1. The maximum atomic E-state index is 12.3. The molecule has 5 heteroatoms. The van der Waals surface area contributed by atoms with Gasteiger partial charge in [0.2, 0.25) is 0 Å². The number of aryl methyl sites for hydroxylation is 1. The van der Waals surface area contributed by atoms with E-state index in [0.29, 0.717) is 23.2 Å². The van der Waals surface area contributed by atoms with Crippen LogP contribution in [0.1, 0.15) is 15.9 Å². The molecule has 1 amide bonds. The molecule has 4 nitrogen and oxygen atoms in total. The molecule has 0 unspecified atom stereocenters. The number of nitrogens with zero attached hydrogens (tertiary/aromatic N) is 1. The fourth-order valence-corrected chi connectivity index (χ4v) is 1.51. The molecule has 0 heterocycles. The Bertz CT molecular complexity index is 484. The summed E-state index contributed by atoms with van der Waals surface area (Å²) in [7, 11) is 3.39. The van der Waals surface area contributed by atoms with E-state index < -0.39 is 0 Å². The van der Waals surface area contributed by atoms with Crippen molar-refractivity contribution in [2.75, 3.05) is 27.2 Å². The molecule has 0 aliphatic heterocycles. The normalized spacial score (nSPS) is 11.3. The molecule has 0 radical (unpaired) electrons. The van der Waals surface area contributed by atoms with Crippen LogP contribution in [-0.4, -0.2) is 38.1 Å². The van der Waals surface area contributed by atoms with E-state index in [1.165, 1.54) is 4.90 Å². The smallest absolute Gasteiger partial charge is 0.253 e. The zero-order chi connectivity index (χ0) is 14.4. The highest BCUT2D eigenvalue weighted by molar-refractivity contribution is 5.94. The fraction of sp³-hybridized carbons (Fsp3) is 0.357. The van der Waals surface area contributed by atoms with E-state index in [-0.39, 0.29) is 19.1 Å². The van der Waals surface area contributed by atoms with Crippen molar-refractivity contribution >= 4 is 5.91 Å². The van der Waals surface area contributed by atoms with Crippen LogP contribution in [0.5, 0.6) is 5.75 Å². The van der Waals surface area contributed by atoms with Crippen LogP contribution in [0, 0.1) is 6.92 Å². The van der Waals surface area contributed by atoms with E-state index in [2.05, 4.69) is 0 Å². The molecular weight excluding hydrogens is 247 g/mol. The average Bonchev–Trinajstić information content (AvgIpc) is 2.40. The first-order valence-electron chi connectivity index (χ1n) is 5.93. The van der Waals surface area contributed by atoms with Crippen molar-refractivity contribution < 1.29 is 13.9 Å². The number of benzene rings is 1. The van der Waals surface area contributed by atoms with E-state index in [4.69, 9.17) is 10.5 Å². The zero-order valence-electron chi connectivity index (χ0n) is 11.4. The van der Waals surface area contributed by atoms with Crippen molar-refractivity contribution in [3.8, 4) is 5.75 Å². The summed E-state index contributed by atoms with van der Waals surface area (Å²) in [5.74, 6) is 0.545. The van der Waals surface area contributed by atoms with Crippen molar-refractivity contribution in [1.82, 2.24) is 4.90 Å². The standard InChI is InChI=1S/C14H19FN2O2/c1-10-6-12(14(18)17(2)3)4-5-13(10)19-9-11(7-15)8-16/h4-7H,8-9,16H2,1-3H3. The van der Waals surface area contributed by atoms with Gasteiger partial charge in [-0.25, -0.2) is 4.39 Å². The SMILES string of the molecule is Cc1cc(C(=O)N(C)C)ccc1OCC(=CF)CN. The van der Waals surface area contributed by atoms with E-state index in [1.54, 1.807) is 32.3 Å². The van der Waals surface area contributed by atoms with Crippen molar-refractivity contribution in [2.24, 2.45) is 5.73 Å². The Morgan fingerprint density at radius 2 is 2.16 bits per heavy atom. The summed E-state index contributed by atoms with van der Waals surface area (Å²) in [6, 6.07) is 5.14. The summed E-state index contributed by atoms with van der Waals surface area (Å²) in [6.45, 7) is 2.06. The number of carbonyl (C=O) groups is 1. The number of carbonyl (C=O) groups excluding carboxylic acids is 1. The summed E-state index contributed by atoms with van der Waals surface area (Å²) in [5, 5.41) is 0. The molecular formula is C14H19FN2O2. The zero-order valence-corrected chi connectivity index (χ0v) is 11.4. The number of nitrogens with two attached hydrogens (primary N) is 1. The quantitative estimate of drug-likeness (QED) is 0.885. The molecule has 0 saturated carbocycles. The first kappa shape index (κ1) is 15.2. The van der Waals surface area contributed by atoms with Gasteiger partial charge in [0.1, 0.15) is 12.4 Å². The topological polar surface area (TPSA) is 55.6 Å². The molecule has 0 bridgehead atoms. The van der Waals surface area contributed by atoms with Gasteiger partial charge >= 0.3 is 0 Å². The third-order valence-corrected chi connectivity index (χ3v) is 2.66. The summed E-state index contributed by atoms with van der Waals surface area (Å²) >= 11 is 0. The van der Waals surface area contributed by atoms with E-state index >= 15 is 0 Å². The van der Waals surface area contributed by atoms with Crippen LogP contribution < -0.4 is 10.5 Å². The molecule has 0 aliphatic carbocycles. The van der Waals surface area contributed by atoms with Crippen LogP contribution in [0.3, 0.4) is 0 Å². The predicted molar refractivity (Wildman–Crippen MR) is 72.9 cm³/mol. The minimum atomic E-state index is -0.0686. The minimum Gasteiger partial charge on any atom is -0.489 e. The van der Waals surface area contributed by atoms with Crippen LogP contribution in [0.15, 0.2) is 30.1 Å². The largest absolute Gasteiger partial charge is 0.489 e. The number of hydrogen-bond acceptors (Lipinski definition) is 3. The molecule has 0 aliphatic rings. The van der Waals surface area contributed by atoms with Crippen LogP contribution in [0.2, 0.25) is 0 Å². The number of ether oxygens (including phenoxy) is 1.